The number of hydrogen-bond acceptors (Lipinski definition) is 6. The summed E-state index contributed by atoms with van der Waals surface area (Å²) in [5.74, 6) is -1.03. The predicted molar refractivity (Wildman–Crippen MR) is 87.0 cm³/mol. The maximum atomic E-state index is 12.7. The van der Waals surface area contributed by atoms with Gasteiger partial charge in [0.05, 0.1) is 32.0 Å². The normalized spacial score (nSPS) is 24.0. The van der Waals surface area contributed by atoms with Crippen LogP contribution in [-0.4, -0.2) is 77.9 Å². The monoisotopic (exact) mass is 352 g/mol. The number of morpholine rings is 2. The van der Waals surface area contributed by atoms with Crippen LogP contribution in [0.5, 0.6) is 0 Å². The van der Waals surface area contributed by atoms with Crippen molar-refractivity contribution in [2.45, 2.75) is 32.6 Å². The molecule has 1 N–H and O–H groups in total. The summed E-state index contributed by atoms with van der Waals surface area (Å²) in [6.07, 6.45) is 1.26. The number of ether oxygens (including phenoxy) is 2. The van der Waals surface area contributed by atoms with Gasteiger partial charge in [-0.1, -0.05) is 0 Å². The minimum atomic E-state index is -1.01. The summed E-state index contributed by atoms with van der Waals surface area (Å²) in [6.45, 7) is 7.65. The molecule has 0 bridgehead atoms. The highest BCUT2D eigenvalue weighted by Gasteiger charge is 2.45. The minimum Gasteiger partial charge on any atom is -0.438 e. The van der Waals surface area contributed by atoms with Gasteiger partial charge in [0, 0.05) is 19.1 Å². The molecule has 2 aliphatic rings. The third-order valence-corrected chi connectivity index (χ3v) is 4.24. The van der Waals surface area contributed by atoms with E-state index in [-0.39, 0.29) is 36.8 Å². The van der Waals surface area contributed by atoms with Crippen molar-refractivity contribution in [2.24, 2.45) is 0 Å². The van der Waals surface area contributed by atoms with Crippen LogP contribution in [-0.2, 0) is 9.47 Å². The van der Waals surface area contributed by atoms with E-state index in [4.69, 9.17) is 13.9 Å². The fraction of sp³-hybridized carbons (Fsp3) is 0.688. The summed E-state index contributed by atoms with van der Waals surface area (Å²) in [6, 6.07) is -0.109. The molecular weight excluding hydrogens is 328 g/mol. The van der Waals surface area contributed by atoms with E-state index in [1.165, 1.54) is 6.39 Å². The highest BCUT2D eigenvalue weighted by molar-refractivity contribution is 5.92. The molecule has 2 fully saturated rings. The molecule has 25 heavy (non-hydrogen) atoms. The maximum Gasteiger partial charge on any atom is 0.317 e. The molecule has 3 amide bonds. The molecule has 2 aliphatic heterocycles. The van der Waals surface area contributed by atoms with Crippen molar-refractivity contribution in [3.8, 4) is 0 Å². The number of nitrogens with one attached hydrogen (secondary N) is 1. The third-order valence-electron chi connectivity index (χ3n) is 4.24. The Hall–Kier alpha value is -2.13. The topological polar surface area (TPSA) is 97.1 Å². The van der Waals surface area contributed by atoms with Gasteiger partial charge in [-0.3, -0.25) is 4.79 Å². The molecule has 0 aliphatic carbocycles. The minimum absolute atomic E-state index is 0.0473. The lowest BCUT2D eigenvalue weighted by Gasteiger charge is -2.47. The Kier molecular flexibility index (Phi) is 4.96. The van der Waals surface area contributed by atoms with Gasteiger partial charge in [-0.15, -0.1) is 0 Å². The summed E-state index contributed by atoms with van der Waals surface area (Å²) in [4.78, 5) is 32.2. The summed E-state index contributed by atoms with van der Waals surface area (Å²) >= 11 is 0. The zero-order chi connectivity index (χ0) is 18.0. The smallest absolute Gasteiger partial charge is 0.317 e. The number of amides is 3. The first kappa shape index (κ1) is 17.7. The molecule has 3 rings (SSSR count). The Morgan fingerprint density at radius 1 is 1.20 bits per heavy atom. The van der Waals surface area contributed by atoms with Gasteiger partial charge in [0.2, 0.25) is 11.5 Å². The van der Waals surface area contributed by atoms with Gasteiger partial charge in [-0.05, 0) is 20.8 Å². The number of oxazole rings is 1. The summed E-state index contributed by atoms with van der Waals surface area (Å²) < 4.78 is 16.9. The fourth-order valence-corrected chi connectivity index (χ4v) is 3.03. The molecule has 9 nitrogen and oxygen atoms in total. The van der Waals surface area contributed by atoms with Crippen LogP contribution in [0.4, 0.5) is 4.79 Å². The van der Waals surface area contributed by atoms with Crippen LogP contribution in [0.3, 0.4) is 0 Å². The molecule has 0 radical (unpaired) electrons. The standard InChI is InChI=1S/C16H24N4O5/c1-11(2)18-15(22)20-5-7-25-16(9-20)8-19(4-6-24-16)14(21)13-12(3)17-10-23-13/h10-11H,4-9H2,1-3H3,(H,18,22). The molecule has 2 saturated heterocycles. The van der Waals surface area contributed by atoms with Crippen molar-refractivity contribution in [1.29, 1.82) is 0 Å². The Bertz CT molecular complexity index is 642. The molecule has 3 heterocycles. The van der Waals surface area contributed by atoms with Crippen LogP contribution in [0, 0.1) is 6.92 Å². The van der Waals surface area contributed by atoms with Gasteiger partial charge in [0.25, 0.3) is 5.91 Å². The Morgan fingerprint density at radius 3 is 2.44 bits per heavy atom. The van der Waals surface area contributed by atoms with E-state index >= 15 is 0 Å². The lowest BCUT2D eigenvalue weighted by Crippen LogP contribution is -2.64. The highest BCUT2D eigenvalue weighted by Crippen LogP contribution is 2.26. The van der Waals surface area contributed by atoms with E-state index in [0.29, 0.717) is 32.0 Å². The molecule has 0 aromatic carbocycles. The molecule has 1 atom stereocenters. The molecule has 138 valence electrons. The van der Waals surface area contributed by atoms with E-state index in [2.05, 4.69) is 10.3 Å². The number of carbonyl (C=O) groups is 2. The Labute approximate surface area is 146 Å². The van der Waals surface area contributed by atoms with Crippen LogP contribution in [0.2, 0.25) is 0 Å². The number of aromatic nitrogens is 1. The number of nitrogens with zero attached hydrogens (tertiary/aromatic N) is 3. The maximum absolute atomic E-state index is 12.7. The molecule has 9 heteroatoms. The first-order valence-corrected chi connectivity index (χ1v) is 8.43. The lowest BCUT2D eigenvalue weighted by atomic mass is 10.1. The average Bonchev–Trinajstić information content (AvgIpc) is 2.99. The van der Waals surface area contributed by atoms with Gasteiger partial charge in [0.1, 0.15) is 0 Å². The second-order valence-corrected chi connectivity index (χ2v) is 6.63. The van der Waals surface area contributed by atoms with Crippen molar-refractivity contribution >= 4 is 11.9 Å². The van der Waals surface area contributed by atoms with Crippen molar-refractivity contribution in [3.63, 3.8) is 0 Å². The summed E-state index contributed by atoms with van der Waals surface area (Å²) in [5, 5.41) is 2.87. The van der Waals surface area contributed by atoms with E-state index < -0.39 is 5.79 Å². The van der Waals surface area contributed by atoms with Gasteiger partial charge in [-0.25, -0.2) is 9.78 Å². The highest BCUT2D eigenvalue weighted by atomic mass is 16.7. The van der Waals surface area contributed by atoms with E-state index in [0.717, 1.165) is 0 Å². The van der Waals surface area contributed by atoms with E-state index in [1.54, 1.807) is 16.7 Å². The number of urea groups is 1. The SMILES string of the molecule is Cc1ncoc1C(=O)N1CCOC2(CN(C(=O)NC(C)C)CCO2)C1. The largest absolute Gasteiger partial charge is 0.438 e. The van der Waals surface area contributed by atoms with Crippen LogP contribution < -0.4 is 5.32 Å². The number of aryl methyl sites for hydroxylation is 1. The predicted octanol–water partition coefficient (Wildman–Crippen LogP) is 0.602. The van der Waals surface area contributed by atoms with Gasteiger partial charge >= 0.3 is 6.03 Å². The fourth-order valence-electron chi connectivity index (χ4n) is 3.03. The Morgan fingerprint density at radius 2 is 1.84 bits per heavy atom. The van der Waals surface area contributed by atoms with Gasteiger partial charge in [-0.2, -0.15) is 0 Å². The van der Waals surface area contributed by atoms with Crippen LogP contribution in [0.1, 0.15) is 30.1 Å². The van der Waals surface area contributed by atoms with Crippen LogP contribution in [0.25, 0.3) is 0 Å². The Balaban J connectivity index is 1.70. The number of carbonyl (C=O) groups excluding carboxylic acids is 2. The van der Waals surface area contributed by atoms with Crippen LogP contribution >= 0.6 is 0 Å². The van der Waals surface area contributed by atoms with E-state index in [1.807, 2.05) is 13.8 Å². The first-order chi connectivity index (χ1) is 11.9. The second-order valence-electron chi connectivity index (χ2n) is 6.63. The summed E-state index contributed by atoms with van der Waals surface area (Å²) in [5.41, 5.74) is 0.549. The van der Waals surface area contributed by atoms with E-state index in [9.17, 15) is 9.59 Å². The van der Waals surface area contributed by atoms with Gasteiger partial charge < -0.3 is 29.0 Å². The first-order valence-electron chi connectivity index (χ1n) is 8.43. The quantitative estimate of drug-likeness (QED) is 0.837. The zero-order valence-electron chi connectivity index (χ0n) is 14.8. The average molecular weight is 352 g/mol. The van der Waals surface area contributed by atoms with Crippen molar-refractivity contribution in [3.05, 3.63) is 17.8 Å². The lowest BCUT2D eigenvalue weighted by molar-refractivity contribution is -0.282. The van der Waals surface area contributed by atoms with Gasteiger partial charge in [0.15, 0.2) is 6.39 Å². The van der Waals surface area contributed by atoms with Crippen molar-refractivity contribution < 1.29 is 23.5 Å². The molecule has 1 aromatic rings. The number of rotatable bonds is 2. The van der Waals surface area contributed by atoms with Crippen molar-refractivity contribution in [1.82, 2.24) is 20.1 Å². The second kappa shape index (κ2) is 7.01. The van der Waals surface area contributed by atoms with Crippen LogP contribution in [0.15, 0.2) is 10.8 Å². The molecule has 1 unspecified atom stereocenters. The third kappa shape index (κ3) is 3.77. The molecule has 1 aromatic heterocycles. The van der Waals surface area contributed by atoms with Crippen molar-refractivity contribution in [2.75, 3.05) is 39.4 Å². The molecule has 0 saturated carbocycles. The molecule has 1 spiro atoms. The zero-order valence-corrected chi connectivity index (χ0v) is 14.8. The summed E-state index contributed by atoms with van der Waals surface area (Å²) in [7, 11) is 0. The number of hydrogen-bond donors (Lipinski definition) is 1. The molecular formula is C16H24N4O5.